The van der Waals surface area contributed by atoms with Gasteiger partial charge in [0.2, 0.25) is 0 Å². The lowest BCUT2D eigenvalue weighted by atomic mass is 9.63. The third-order valence-electron chi connectivity index (χ3n) is 8.16. The zero-order valence-corrected chi connectivity index (χ0v) is 25.4. The van der Waals surface area contributed by atoms with Crippen LogP contribution in [0.25, 0.3) is 0 Å². The van der Waals surface area contributed by atoms with Gasteiger partial charge < -0.3 is 14.7 Å². The second kappa shape index (κ2) is 10.9. The SMILES string of the molecule is CC1(C)CC(=O)C2=C(C1)N(CCC(=O)O)C1=C(C(=O)CC(C)(C)C1)C2c1cc(Br)ccc1OCc1ccc(F)cc1. The maximum atomic E-state index is 14.0. The average Bonchev–Trinajstić information content (AvgIpc) is 2.85. The Kier molecular flexibility index (Phi) is 7.74. The Morgan fingerprint density at radius 2 is 1.51 bits per heavy atom. The van der Waals surface area contributed by atoms with Crippen molar-refractivity contribution in [3.05, 3.63) is 86.4 Å². The van der Waals surface area contributed by atoms with Crippen LogP contribution in [0.1, 0.15) is 76.8 Å². The van der Waals surface area contributed by atoms with E-state index in [0.29, 0.717) is 48.1 Å². The molecule has 41 heavy (non-hydrogen) atoms. The fourth-order valence-corrected chi connectivity index (χ4v) is 6.83. The number of rotatable bonds is 7. The molecule has 1 aliphatic heterocycles. The quantitative estimate of drug-likeness (QED) is 0.348. The number of hydrogen-bond acceptors (Lipinski definition) is 5. The number of aliphatic carboxylic acids is 1. The van der Waals surface area contributed by atoms with Gasteiger partial charge in [0.25, 0.3) is 0 Å². The van der Waals surface area contributed by atoms with Crippen molar-refractivity contribution < 1.29 is 28.6 Å². The molecule has 2 aromatic carbocycles. The zero-order chi connectivity index (χ0) is 29.7. The van der Waals surface area contributed by atoms with E-state index in [2.05, 4.69) is 43.6 Å². The Morgan fingerprint density at radius 1 is 0.951 bits per heavy atom. The summed E-state index contributed by atoms with van der Waals surface area (Å²) < 4.78 is 20.5. The number of carbonyl (C=O) groups is 3. The van der Waals surface area contributed by atoms with Crippen LogP contribution in [0.3, 0.4) is 0 Å². The summed E-state index contributed by atoms with van der Waals surface area (Å²) in [5, 5.41) is 9.58. The lowest BCUT2D eigenvalue weighted by molar-refractivity contribution is -0.137. The fourth-order valence-electron chi connectivity index (χ4n) is 6.45. The molecule has 0 radical (unpaired) electrons. The van der Waals surface area contributed by atoms with Crippen LogP contribution in [0.15, 0.2) is 69.5 Å². The van der Waals surface area contributed by atoms with E-state index in [1.54, 1.807) is 12.1 Å². The van der Waals surface area contributed by atoms with Crippen molar-refractivity contribution in [2.24, 2.45) is 10.8 Å². The van der Waals surface area contributed by atoms with Crippen LogP contribution < -0.4 is 4.74 Å². The molecule has 8 heteroatoms. The van der Waals surface area contributed by atoms with E-state index in [0.717, 1.165) is 21.4 Å². The molecule has 0 bridgehead atoms. The van der Waals surface area contributed by atoms with Gasteiger partial charge in [-0.3, -0.25) is 14.4 Å². The van der Waals surface area contributed by atoms with Gasteiger partial charge in [0.15, 0.2) is 11.6 Å². The summed E-state index contributed by atoms with van der Waals surface area (Å²) >= 11 is 3.59. The molecular formula is C33H35BrFNO5. The number of hydrogen-bond donors (Lipinski definition) is 1. The standard InChI is InChI=1S/C33H35BrFNO5/c1-32(2)14-23-30(25(37)16-32)29(31-24(36(23)12-11-28(39)40)15-33(3,4)17-26(31)38)22-13-20(34)7-10-27(22)41-18-19-5-8-21(35)9-6-19/h5-10,13,29H,11-12,14-18H2,1-4H3,(H,39,40). The number of allylic oxidation sites excluding steroid dienone is 4. The van der Waals surface area contributed by atoms with Crippen molar-refractivity contribution in [2.75, 3.05) is 6.54 Å². The minimum atomic E-state index is -0.928. The zero-order valence-electron chi connectivity index (χ0n) is 23.9. The molecule has 0 unspecified atom stereocenters. The number of ether oxygens (including phenoxy) is 1. The van der Waals surface area contributed by atoms with Gasteiger partial charge in [-0.25, -0.2) is 4.39 Å². The summed E-state index contributed by atoms with van der Waals surface area (Å²) in [5.41, 5.74) is 3.62. The highest BCUT2D eigenvalue weighted by Crippen LogP contribution is 2.55. The molecule has 0 fully saturated rings. The van der Waals surface area contributed by atoms with Crippen molar-refractivity contribution in [2.45, 2.75) is 72.3 Å². The highest BCUT2D eigenvalue weighted by Gasteiger charge is 2.49. The number of carboxylic acid groups (broad SMARTS) is 1. The van der Waals surface area contributed by atoms with Crippen molar-refractivity contribution in [1.29, 1.82) is 0 Å². The maximum absolute atomic E-state index is 14.0. The van der Waals surface area contributed by atoms with Crippen molar-refractivity contribution in [3.8, 4) is 5.75 Å². The highest BCUT2D eigenvalue weighted by molar-refractivity contribution is 9.10. The molecule has 0 amide bonds. The molecule has 3 aliphatic rings. The number of nitrogens with zero attached hydrogens (tertiary/aromatic N) is 1. The first-order valence-electron chi connectivity index (χ1n) is 13.9. The van der Waals surface area contributed by atoms with Gasteiger partial charge >= 0.3 is 5.97 Å². The predicted molar refractivity (Wildman–Crippen MR) is 157 cm³/mol. The van der Waals surface area contributed by atoms with Crippen molar-refractivity contribution in [1.82, 2.24) is 4.90 Å². The molecule has 216 valence electrons. The predicted octanol–water partition coefficient (Wildman–Crippen LogP) is 7.33. The molecule has 0 saturated carbocycles. The third kappa shape index (κ3) is 6.03. The van der Waals surface area contributed by atoms with Crippen molar-refractivity contribution in [3.63, 3.8) is 0 Å². The second-order valence-electron chi connectivity index (χ2n) is 12.9. The monoisotopic (exact) mass is 623 g/mol. The summed E-state index contributed by atoms with van der Waals surface area (Å²) in [7, 11) is 0. The Balaban J connectivity index is 1.70. The average molecular weight is 625 g/mol. The third-order valence-corrected chi connectivity index (χ3v) is 8.65. The van der Waals surface area contributed by atoms with Crippen LogP contribution in [0.2, 0.25) is 0 Å². The first-order valence-corrected chi connectivity index (χ1v) is 14.7. The van der Waals surface area contributed by atoms with E-state index in [-0.39, 0.29) is 47.8 Å². The maximum Gasteiger partial charge on any atom is 0.305 e. The first kappa shape index (κ1) is 29.2. The topological polar surface area (TPSA) is 83.9 Å². The van der Waals surface area contributed by atoms with Gasteiger partial charge in [0, 0.05) is 57.9 Å². The molecule has 5 rings (SSSR count). The lowest BCUT2D eigenvalue weighted by Crippen LogP contribution is -2.45. The summed E-state index contributed by atoms with van der Waals surface area (Å²) in [5.74, 6) is -1.42. The van der Waals surface area contributed by atoms with Crippen LogP contribution in [-0.4, -0.2) is 34.1 Å². The van der Waals surface area contributed by atoms with Gasteiger partial charge in [-0.05, 0) is 59.6 Å². The number of benzene rings is 2. The summed E-state index contributed by atoms with van der Waals surface area (Å²) in [4.78, 5) is 41.7. The van der Waals surface area contributed by atoms with Crippen LogP contribution in [0.4, 0.5) is 4.39 Å². The minimum Gasteiger partial charge on any atom is -0.489 e. The van der Waals surface area contributed by atoms with E-state index in [9.17, 15) is 23.9 Å². The Morgan fingerprint density at radius 3 is 2.05 bits per heavy atom. The summed E-state index contributed by atoms with van der Waals surface area (Å²) in [6, 6.07) is 11.7. The molecule has 0 saturated heterocycles. The van der Waals surface area contributed by atoms with Crippen LogP contribution in [0.5, 0.6) is 5.75 Å². The lowest BCUT2D eigenvalue weighted by Gasteiger charge is -2.49. The van der Waals surface area contributed by atoms with E-state index < -0.39 is 11.9 Å². The molecule has 0 spiro atoms. The van der Waals surface area contributed by atoms with Gasteiger partial charge in [-0.15, -0.1) is 0 Å². The number of Topliss-reactive ketones (excluding diaryl/α,β-unsaturated/α-hetero) is 2. The summed E-state index contributed by atoms with van der Waals surface area (Å²) in [6.07, 6.45) is 1.74. The van der Waals surface area contributed by atoms with Gasteiger partial charge in [-0.1, -0.05) is 55.8 Å². The van der Waals surface area contributed by atoms with Gasteiger partial charge in [0.1, 0.15) is 18.2 Å². The van der Waals surface area contributed by atoms with Gasteiger partial charge in [0.05, 0.1) is 6.42 Å². The molecular weight excluding hydrogens is 589 g/mol. The van der Waals surface area contributed by atoms with E-state index in [1.807, 2.05) is 23.1 Å². The number of carbonyl (C=O) groups excluding carboxylic acids is 2. The van der Waals surface area contributed by atoms with E-state index >= 15 is 0 Å². The van der Waals surface area contributed by atoms with Crippen LogP contribution in [-0.2, 0) is 21.0 Å². The molecule has 0 atom stereocenters. The normalized spacial score (nSPS) is 20.2. The Bertz CT molecular complexity index is 1430. The number of carboxylic acids is 1. The molecule has 1 heterocycles. The summed E-state index contributed by atoms with van der Waals surface area (Å²) in [6.45, 7) is 8.58. The van der Waals surface area contributed by atoms with E-state index in [1.165, 1.54) is 12.1 Å². The molecule has 2 aliphatic carbocycles. The molecule has 6 nitrogen and oxygen atoms in total. The molecule has 0 aromatic heterocycles. The van der Waals surface area contributed by atoms with Crippen LogP contribution >= 0.6 is 15.9 Å². The van der Waals surface area contributed by atoms with E-state index in [4.69, 9.17) is 4.74 Å². The second-order valence-corrected chi connectivity index (χ2v) is 13.8. The molecule has 1 N–H and O–H groups in total. The minimum absolute atomic E-state index is 0.0322. The van der Waals surface area contributed by atoms with Gasteiger partial charge in [-0.2, -0.15) is 0 Å². The highest BCUT2D eigenvalue weighted by atomic mass is 79.9. The number of halogens is 2. The van der Waals surface area contributed by atoms with Crippen LogP contribution in [0, 0.1) is 16.6 Å². The smallest absolute Gasteiger partial charge is 0.305 e. The fraction of sp³-hybridized carbons (Fsp3) is 0.424. The Labute approximate surface area is 248 Å². The largest absolute Gasteiger partial charge is 0.489 e. The van der Waals surface area contributed by atoms with Crippen molar-refractivity contribution >= 4 is 33.5 Å². The number of ketones is 2. The first-order chi connectivity index (χ1) is 19.2. The Hall–Kier alpha value is -3.26. The molecule has 2 aromatic rings.